The van der Waals surface area contributed by atoms with Gasteiger partial charge in [0, 0.05) is 37.9 Å². The predicted octanol–water partition coefficient (Wildman–Crippen LogP) is 4.06. The molecule has 1 fully saturated rings. The largest absolute Gasteiger partial charge is 0.508 e. The predicted molar refractivity (Wildman–Crippen MR) is 142 cm³/mol. The summed E-state index contributed by atoms with van der Waals surface area (Å²) in [5.41, 5.74) is 9.37. The Morgan fingerprint density at radius 3 is 2.12 bits per heavy atom. The van der Waals surface area contributed by atoms with Gasteiger partial charge in [0.05, 0.1) is 0 Å². The number of allylic oxidation sites excluding steroid dienone is 1. The van der Waals surface area contributed by atoms with Gasteiger partial charge in [0.2, 0.25) is 0 Å². The molecular weight excluding hydrogens is 419 g/mol. The number of benzene rings is 3. The number of nitrogens with zero attached hydrogens (tertiary/aromatic N) is 2. The molecule has 1 saturated heterocycles. The van der Waals surface area contributed by atoms with Gasteiger partial charge in [-0.15, -0.1) is 0 Å². The minimum Gasteiger partial charge on any atom is -0.508 e. The van der Waals surface area contributed by atoms with E-state index in [1.54, 1.807) is 6.07 Å². The SMILES string of the molecule is CC(C)N1CCN(c2ccc(C3=C(c4ccc([B]O)cc4)CCc4cc(O)ccc43)cc2)CC1. The second-order valence-corrected chi connectivity index (χ2v) is 9.61. The van der Waals surface area contributed by atoms with Crippen LogP contribution in [-0.2, 0) is 6.42 Å². The van der Waals surface area contributed by atoms with Crippen LogP contribution in [0.2, 0.25) is 0 Å². The maximum atomic E-state index is 10.1. The molecule has 4 nitrogen and oxygen atoms in total. The van der Waals surface area contributed by atoms with Gasteiger partial charge in [-0.05, 0) is 84.4 Å². The fraction of sp³-hybridized carbons (Fsp3) is 0.310. The van der Waals surface area contributed by atoms with E-state index in [1.807, 2.05) is 24.3 Å². The van der Waals surface area contributed by atoms with Gasteiger partial charge in [-0.2, -0.15) is 0 Å². The number of phenols is 1. The van der Waals surface area contributed by atoms with Gasteiger partial charge in [-0.1, -0.05) is 47.9 Å². The van der Waals surface area contributed by atoms with Crippen LogP contribution in [0.1, 0.15) is 42.5 Å². The van der Waals surface area contributed by atoms with Crippen molar-refractivity contribution in [1.82, 2.24) is 4.90 Å². The number of rotatable bonds is 5. The first-order chi connectivity index (χ1) is 16.5. The smallest absolute Gasteiger partial charge is 0.326 e. The molecule has 5 rings (SSSR count). The van der Waals surface area contributed by atoms with Crippen molar-refractivity contribution in [3.05, 3.63) is 89.0 Å². The zero-order chi connectivity index (χ0) is 23.7. The summed E-state index contributed by atoms with van der Waals surface area (Å²) < 4.78 is 0. The fourth-order valence-electron chi connectivity index (χ4n) is 5.30. The number of anilines is 1. The van der Waals surface area contributed by atoms with Crippen molar-refractivity contribution in [3.63, 3.8) is 0 Å². The normalized spacial score (nSPS) is 16.6. The minimum atomic E-state index is 0.320. The van der Waals surface area contributed by atoms with Crippen LogP contribution in [0.15, 0.2) is 66.7 Å². The quantitative estimate of drug-likeness (QED) is 0.575. The molecule has 2 aliphatic rings. The highest BCUT2D eigenvalue weighted by molar-refractivity contribution is 6.45. The lowest BCUT2D eigenvalue weighted by Gasteiger charge is -2.38. The van der Waals surface area contributed by atoms with Crippen LogP contribution in [-0.4, -0.2) is 54.7 Å². The lowest BCUT2D eigenvalue weighted by molar-refractivity contribution is 0.209. The van der Waals surface area contributed by atoms with E-state index in [4.69, 9.17) is 0 Å². The number of hydrogen-bond acceptors (Lipinski definition) is 4. The fourth-order valence-corrected chi connectivity index (χ4v) is 5.30. The maximum Gasteiger partial charge on any atom is 0.326 e. The third kappa shape index (κ3) is 4.50. The average Bonchev–Trinajstić information content (AvgIpc) is 2.88. The Balaban J connectivity index is 1.51. The molecule has 0 spiro atoms. The number of phenolic OH excluding ortho intramolecular Hbond substituents is 1. The molecular formula is C29H32BN2O2. The van der Waals surface area contributed by atoms with Crippen molar-refractivity contribution < 1.29 is 10.1 Å². The summed E-state index contributed by atoms with van der Waals surface area (Å²) in [5, 5.41) is 19.4. The van der Waals surface area contributed by atoms with Crippen molar-refractivity contribution in [3.8, 4) is 5.75 Å². The van der Waals surface area contributed by atoms with E-state index in [-0.39, 0.29) is 0 Å². The molecule has 0 saturated carbocycles. The molecule has 1 aliphatic carbocycles. The molecule has 0 bridgehead atoms. The van der Waals surface area contributed by atoms with Crippen LogP contribution in [0.3, 0.4) is 0 Å². The van der Waals surface area contributed by atoms with Crippen LogP contribution in [0.25, 0.3) is 11.1 Å². The van der Waals surface area contributed by atoms with Crippen LogP contribution < -0.4 is 10.4 Å². The highest BCUT2D eigenvalue weighted by Gasteiger charge is 2.23. The van der Waals surface area contributed by atoms with E-state index >= 15 is 0 Å². The number of fused-ring (bicyclic) bond motifs is 1. The Morgan fingerprint density at radius 1 is 0.794 bits per heavy atom. The standard InChI is InChI=1S/C29H32BN2O2/c1-20(2)31-15-17-32(18-16-31)25-10-5-22(6-11-25)29-27(21-3-8-24(30-34)9-4-21)13-7-23-19-26(33)12-14-28(23)29/h3-6,8-12,14,19-20,33-34H,7,13,15-18H2,1-2H3. The van der Waals surface area contributed by atoms with E-state index < -0.39 is 0 Å². The summed E-state index contributed by atoms with van der Waals surface area (Å²) >= 11 is 0. The average molecular weight is 451 g/mol. The van der Waals surface area contributed by atoms with E-state index in [0.29, 0.717) is 11.8 Å². The maximum absolute atomic E-state index is 10.1. The summed E-state index contributed by atoms with van der Waals surface area (Å²) in [7, 11) is 1.14. The number of aryl methyl sites for hydroxylation is 1. The lowest BCUT2D eigenvalue weighted by atomic mass is 9.79. The van der Waals surface area contributed by atoms with E-state index in [0.717, 1.165) is 52.0 Å². The molecule has 0 aromatic heterocycles. The summed E-state index contributed by atoms with van der Waals surface area (Å²) in [5.74, 6) is 0.320. The van der Waals surface area contributed by atoms with Crippen LogP contribution >= 0.6 is 0 Å². The number of aromatic hydroxyl groups is 1. The van der Waals surface area contributed by atoms with E-state index in [1.165, 1.54) is 39.1 Å². The first kappa shape index (κ1) is 22.8. The summed E-state index contributed by atoms with van der Waals surface area (Å²) in [6.07, 6.45) is 1.81. The van der Waals surface area contributed by atoms with Gasteiger partial charge in [0.15, 0.2) is 0 Å². The Hall–Kier alpha value is -3.02. The minimum absolute atomic E-state index is 0.320. The van der Waals surface area contributed by atoms with Crippen LogP contribution in [0.5, 0.6) is 5.75 Å². The van der Waals surface area contributed by atoms with Crippen LogP contribution in [0, 0.1) is 0 Å². The van der Waals surface area contributed by atoms with Crippen molar-refractivity contribution in [2.45, 2.75) is 32.7 Å². The molecule has 3 aromatic rings. The second kappa shape index (κ2) is 9.69. The topological polar surface area (TPSA) is 46.9 Å². The third-order valence-corrected chi connectivity index (χ3v) is 7.28. The Labute approximate surface area is 203 Å². The molecule has 5 heteroatoms. The van der Waals surface area contributed by atoms with Gasteiger partial charge in [0.1, 0.15) is 5.75 Å². The van der Waals surface area contributed by atoms with Gasteiger partial charge in [0.25, 0.3) is 0 Å². The first-order valence-electron chi connectivity index (χ1n) is 12.3. The van der Waals surface area contributed by atoms with E-state index in [2.05, 4.69) is 60.0 Å². The zero-order valence-corrected chi connectivity index (χ0v) is 20.0. The molecule has 1 heterocycles. The molecule has 0 amide bonds. The Morgan fingerprint density at radius 2 is 1.47 bits per heavy atom. The first-order valence-corrected chi connectivity index (χ1v) is 12.3. The molecule has 2 N–H and O–H groups in total. The molecule has 34 heavy (non-hydrogen) atoms. The highest BCUT2D eigenvalue weighted by atomic mass is 16.3. The highest BCUT2D eigenvalue weighted by Crippen LogP contribution is 2.42. The van der Waals surface area contributed by atoms with Crippen molar-refractivity contribution in [2.24, 2.45) is 0 Å². The lowest BCUT2D eigenvalue weighted by Crippen LogP contribution is -2.48. The van der Waals surface area contributed by atoms with Gasteiger partial charge in [-0.25, -0.2) is 0 Å². The molecule has 1 aliphatic heterocycles. The number of piperazine rings is 1. The molecule has 173 valence electrons. The monoisotopic (exact) mass is 451 g/mol. The molecule has 0 atom stereocenters. The summed E-state index contributed by atoms with van der Waals surface area (Å²) in [4.78, 5) is 5.02. The van der Waals surface area contributed by atoms with Crippen molar-refractivity contribution in [1.29, 1.82) is 0 Å². The Bertz CT molecular complexity index is 1180. The summed E-state index contributed by atoms with van der Waals surface area (Å²) in [6.45, 7) is 8.86. The Kier molecular flexibility index (Phi) is 6.49. The molecule has 3 aromatic carbocycles. The van der Waals surface area contributed by atoms with Crippen molar-refractivity contribution >= 4 is 29.8 Å². The molecule has 1 radical (unpaired) electrons. The van der Waals surface area contributed by atoms with Crippen molar-refractivity contribution in [2.75, 3.05) is 31.1 Å². The molecule has 0 unspecified atom stereocenters. The van der Waals surface area contributed by atoms with Crippen LogP contribution in [0.4, 0.5) is 5.69 Å². The van der Waals surface area contributed by atoms with Gasteiger partial charge in [-0.3, -0.25) is 4.90 Å². The second-order valence-electron chi connectivity index (χ2n) is 9.61. The van der Waals surface area contributed by atoms with Gasteiger partial charge < -0.3 is 15.0 Å². The van der Waals surface area contributed by atoms with Gasteiger partial charge >= 0.3 is 7.48 Å². The third-order valence-electron chi connectivity index (χ3n) is 7.28. The zero-order valence-electron chi connectivity index (χ0n) is 20.0. The number of hydrogen-bond donors (Lipinski definition) is 2. The summed E-state index contributed by atoms with van der Waals surface area (Å²) in [6, 6.07) is 23.4. The van der Waals surface area contributed by atoms with E-state index in [9.17, 15) is 10.1 Å².